The molecule has 128 valence electrons. The van der Waals surface area contributed by atoms with Gasteiger partial charge in [-0.3, -0.25) is 4.99 Å². The Morgan fingerprint density at radius 3 is 2.83 bits per heavy atom. The first-order chi connectivity index (χ1) is 11.0. The molecule has 0 saturated carbocycles. The van der Waals surface area contributed by atoms with E-state index in [0.29, 0.717) is 31.0 Å². The number of hydrogen-bond donors (Lipinski definition) is 2. The van der Waals surface area contributed by atoms with Gasteiger partial charge in [-0.15, -0.1) is 0 Å². The van der Waals surface area contributed by atoms with Crippen LogP contribution in [0, 0.1) is 11.6 Å². The smallest absolute Gasteiger partial charge is 0.191 e. The van der Waals surface area contributed by atoms with Crippen LogP contribution in [0.1, 0.15) is 32.3 Å². The van der Waals surface area contributed by atoms with Gasteiger partial charge >= 0.3 is 0 Å². The summed E-state index contributed by atoms with van der Waals surface area (Å²) in [4.78, 5) is 4.55. The predicted molar refractivity (Wildman–Crippen MR) is 87.6 cm³/mol. The second-order valence-corrected chi connectivity index (χ2v) is 6.01. The molecule has 1 fully saturated rings. The number of rotatable bonds is 6. The minimum absolute atomic E-state index is 0.189. The highest BCUT2D eigenvalue weighted by atomic mass is 19.1. The van der Waals surface area contributed by atoms with Gasteiger partial charge in [-0.1, -0.05) is 6.07 Å². The van der Waals surface area contributed by atoms with Gasteiger partial charge in [0.2, 0.25) is 0 Å². The van der Waals surface area contributed by atoms with Gasteiger partial charge < -0.3 is 15.4 Å². The highest BCUT2D eigenvalue weighted by molar-refractivity contribution is 5.79. The van der Waals surface area contributed by atoms with E-state index in [1.54, 1.807) is 0 Å². The molecule has 2 rings (SSSR count). The fourth-order valence-corrected chi connectivity index (χ4v) is 2.59. The number of guanidine groups is 1. The van der Waals surface area contributed by atoms with E-state index < -0.39 is 11.6 Å². The molecule has 0 aromatic heterocycles. The van der Waals surface area contributed by atoms with Gasteiger partial charge in [0.25, 0.3) is 0 Å². The summed E-state index contributed by atoms with van der Waals surface area (Å²) in [6.45, 7) is 6.71. The predicted octanol–water partition coefficient (Wildman–Crippen LogP) is 2.63. The van der Waals surface area contributed by atoms with Crippen molar-refractivity contribution in [2.24, 2.45) is 4.99 Å². The lowest BCUT2D eigenvalue weighted by molar-refractivity contribution is 0.0283. The number of nitrogens with zero attached hydrogens (tertiary/aromatic N) is 1. The number of nitrogens with one attached hydrogen (secondary N) is 2. The molecule has 2 N–H and O–H groups in total. The lowest BCUT2D eigenvalue weighted by Crippen LogP contribution is -2.40. The molecule has 0 aliphatic carbocycles. The summed E-state index contributed by atoms with van der Waals surface area (Å²) in [5.41, 5.74) is 0.298. The van der Waals surface area contributed by atoms with Crippen LogP contribution in [0.3, 0.4) is 0 Å². The molecule has 1 aliphatic rings. The van der Waals surface area contributed by atoms with E-state index in [2.05, 4.69) is 22.5 Å². The van der Waals surface area contributed by atoms with Gasteiger partial charge in [-0.25, -0.2) is 8.78 Å². The average molecular weight is 325 g/mol. The largest absolute Gasteiger partial charge is 0.373 e. The Bertz CT molecular complexity index is 543. The molecule has 0 amide bonds. The molecule has 1 atom stereocenters. The Labute approximate surface area is 136 Å². The molecule has 0 radical (unpaired) electrons. The number of aliphatic imine (C=N–C) groups is 1. The molecule has 6 heteroatoms. The maximum absolute atomic E-state index is 13.6. The summed E-state index contributed by atoms with van der Waals surface area (Å²) in [5, 5.41) is 6.34. The third-order valence-corrected chi connectivity index (χ3v) is 3.92. The second kappa shape index (κ2) is 8.24. The Balaban J connectivity index is 1.86. The maximum Gasteiger partial charge on any atom is 0.191 e. The maximum atomic E-state index is 13.6. The molecule has 0 spiro atoms. The van der Waals surface area contributed by atoms with Crippen molar-refractivity contribution in [3.8, 4) is 0 Å². The van der Waals surface area contributed by atoms with E-state index in [1.165, 1.54) is 12.1 Å². The zero-order valence-electron chi connectivity index (χ0n) is 13.8. The van der Waals surface area contributed by atoms with E-state index in [-0.39, 0.29) is 5.60 Å². The summed E-state index contributed by atoms with van der Waals surface area (Å²) in [6.07, 6.45) is 2.54. The van der Waals surface area contributed by atoms with Gasteiger partial charge in [-0.05, 0) is 44.7 Å². The van der Waals surface area contributed by atoms with Crippen molar-refractivity contribution in [1.29, 1.82) is 0 Å². The standard InChI is InChI=1S/C17H25F2N3O/c1-3-20-16(22-12-17(2)8-4-10-23-17)21-9-7-13-5-6-14(18)11-15(13)19/h5-6,11H,3-4,7-10,12H2,1-2H3,(H2,20,21,22). The van der Waals surface area contributed by atoms with E-state index in [1.807, 2.05) is 6.92 Å². The molecule has 0 bridgehead atoms. The van der Waals surface area contributed by atoms with Gasteiger partial charge in [0.1, 0.15) is 11.6 Å². The van der Waals surface area contributed by atoms with Crippen LogP contribution in [0.25, 0.3) is 0 Å². The first kappa shape index (κ1) is 17.7. The monoisotopic (exact) mass is 325 g/mol. The van der Waals surface area contributed by atoms with Crippen molar-refractivity contribution < 1.29 is 13.5 Å². The van der Waals surface area contributed by atoms with Crippen LogP contribution in [-0.2, 0) is 11.2 Å². The molecule has 4 nitrogen and oxygen atoms in total. The van der Waals surface area contributed by atoms with Crippen molar-refractivity contribution in [2.75, 3.05) is 26.2 Å². The number of benzene rings is 1. The Hall–Kier alpha value is -1.69. The molecule has 1 aromatic rings. The van der Waals surface area contributed by atoms with Gasteiger partial charge in [0.05, 0.1) is 12.1 Å². The highest BCUT2D eigenvalue weighted by Gasteiger charge is 2.29. The van der Waals surface area contributed by atoms with Crippen molar-refractivity contribution in [1.82, 2.24) is 10.6 Å². The zero-order valence-corrected chi connectivity index (χ0v) is 13.8. The molecular formula is C17H25F2N3O. The van der Waals surface area contributed by atoms with Crippen LogP contribution in [0.2, 0.25) is 0 Å². The van der Waals surface area contributed by atoms with Crippen molar-refractivity contribution >= 4 is 5.96 Å². The van der Waals surface area contributed by atoms with Crippen LogP contribution < -0.4 is 10.6 Å². The van der Waals surface area contributed by atoms with Crippen LogP contribution in [0.5, 0.6) is 0 Å². The van der Waals surface area contributed by atoms with Crippen LogP contribution in [0.4, 0.5) is 8.78 Å². The third kappa shape index (κ3) is 5.46. The minimum Gasteiger partial charge on any atom is -0.373 e. The lowest BCUT2D eigenvalue weighted by atomic mass is 10.0. The molecular weight excluding hydrogens is 300 g/mol. The van der Waals surface area contributed by atoms with Crippen molar-refractivity contribution in [3.05, 3.63) is 35.4 Å². The summed E-state index contributed by atoms with van der Waals surface area (Å²) >= 11 is 0. The fraction of sp³-hybridized carbons (Fsp3) is 0.588. The molecule has 1 heterocycles. The van der Waals surface area contributed by atoms with Crippen molar-refractivity contribution in [2.45, 2.75) is 38.7 Å². The quantitative estimate of drug-likeness (QED) is 0.624. The van der Waals surface area contributed by atoms with E-state index in [9.17, 15) is 8.78 Å². The van der Waals surface area contributed by atoms with Crippen LogP contribution in [-0.4, -0.2) is 37.8 Å². The first-order valence-corrected chi connectivity index (χ1v) is 8.12. The number of ether oxygens (including phenoxy) is 1. The zero-order chi connectivity index (χ0) is 16.7. The third-order valence-electron chi connectivity index (χ3n) is 3.92. The number of halogens is 2. The first-order valence-electron chi connectivity index (χ1n) is 8.12. The summed E-state index contributed by atoms with van der Waals surface area (Å²) < 4.78 is 32.2. The molecule has 1 saturated heterocycles. The van der Waals surface area contributed by atoms with Crippen LogP contribution >= 0.6 is 0 Å². The molecule has 1 unspecified atom stereocenters. The number of hydrogen-bond acceptors (Lipinski definition) is 2. The molecule has 23 heavy (non-hydrogen) atoms. The molecule has 1 aliphatic heterocycles. The SMILES string of the molecule is CCNC(=NCC1(C)CCCO1)NCCc1ccc(F)cc1F. The van der Waals surface area contributed by atoms with Crippen molar-refractivity contribution in [3.63, 3.8) is 0 Å². The highest BCUT2D eigenvalue weighted by Crippen LogP contribution is 2.24. The van der Waals surface area contributed by atoms with Gasteiger partial charge in [0.15, 0.2) is 5.96 Å². The van der Waals surface area contributed by atoms with E-state index in [4.69, 9.17) is 4.74 Å². The lowest BCUT2D eigenvalue weighted by Gasteiger charge is -2.21. The topological polar surface area (TPSA) is 45.7 Å². The van der Waals surface area contributed by atoms with Gasteiger partial charge in [0, 0.05) is 25.8 Å². The fourth-order valence-electron chi connectivity index (χ4n) is 2.59. The van der Waals surface area contributed by atoms with E-state index >= 15 is 0 Å². The summed E-state index contributed by atoms with van der Waals surface area (Å²) in [7, 11) is 0. The molecule has 1 aromatic carbocycles. The Morgan fingerprint density at radius 1 is 1.35 bits per heavy atom. The Morgan fingerprint density at radius 2 is 2.17 bits per heavy atom. The minimum atomic E-state index is -0.557. The Kier molecular flexibility index (Phi) is 6.33. The van der Waals surface area contributed by atoms with Crippen LogP contribution in [0.15, 0.2) is 23.2 Å². The van der Waals surface area contributed by atoms with E-state index in [0.717, 1.165) is 32.1 Å². The van der Waals surface area contributed by atoms with Gasteiger partial charge in [-0.2, -0.15) is 0 Å². The average Bonchev–Trinajstić information content (AvgIpc) is 2.94. The second-order valence-electron chi connectivity index (χ2n) is 6.01. The summed E-state index contributed by atoms with van der Waals surface area (Å²) in [5.74, 6) is -0.383. The normalized spacial score (nSPS) is 21.5. The summed E-state index contributed by atoms with van der Waals surface area (Å²) in [6, 6.07) is 3.66.